The van der Waals surface area contributed by atoms with Crippen molar-refractivity contribution in [1.29, 1.82) is 0 Å². The maximum absolute atomic E-state index is 13.3. The first-order valence-corrected chi connectivity index (χ1v) is 17.9. The van der Waals surface area contributed by atoms with E-state index in [1.807, 2.05) is 47.9 Å². The largest absolute Gasteiger partial charge is 0.496 e. The fourth-order valence-corrected chi connectivity index (χ4v) is 4.94. The van der Waals surface area contributed by atoms with Gasteiger partial charge in [0.2, 0.25) is 5.91 Å². The minimum Gasteiger partial charge on any atom is -0.496 e. The summed E-state index contributed by atoms with van der Waals surface area (Å²) in [6.07, 6.45) is 1.15. The second kappa shape index (κ2) is 27.9. The number of methoxy groups -OCH3 is 1. The quantitative estimate of drug-likeness (QED) is 0.0278. The van der Waals surface area contributed by atoms with E-state index in [1.54, 1.807) is 13.2 Å². The van der Waals surface area contributed by atoms with Crippen LogP contribution < -0.4 is 16.0 Å². The van der Waals surface area contributed by atoms with E-state index in [-0.39, 0.29) is 24.7 Å². The molecule has 0 saturated heterocycles. The number of pyridine rings is 1. The number of nitrogens with zero attached hydrogens (tertiary/aromatic N) is 1. The number of ether oxygens (including phenoxy) is 9. The van der Waals surface area contributed by atoms with Gasteiger partial charge in [0.15, 0.2) is 5.78 Å². The molecule has 0 bridgehead atoms. The average molecular weight is 746 g/mol. The number of para-hydroxylation sites is 1. The van der Waals surface area contributed by atoms with Crippen LogP contribution in [0.4, 0.5) is 0 Å². The Morgan fingerprint density at radius 2 is 1.17 bits per heavy atom. The van der Waals surface area contributed by atoms with Crippen LogP contribution in [0.5, 0.6) is 5.75 Å². The number of ketones is 1. The van der Waals surface area contributed by atoms with Crippen LogP contribution in [0, 0.1) is 0 Å². The van der Waals surface area contributed by atoms with Crippen molar-refractivity contribution >= 4 is 22.6 Å². The van der Waals surface area contributed by atoms with Gasteiger partial charge in [0, 0.05) is 35.1 Å². The Labute approximate surface area is 311 Å². The summed E-state index contributed by atoms with van der Waals surface area (Å²) in [6.45, 7) is 6.93. The van der Waals surface area contributed by atoms with Crippen LogP contribution in [0.2, 0.25) is 0 Å². The lowest BCUT2D eigenvalue weighted by atomic mass is 9.98. The molecule has 3 aromatic rings. The van der Waals surface area contributed by atoms with Crippen molar-refractivity contribution in [1.82, 2.24) is 10.4 Å². The number of fused-ring (bicyclic) bond motifs is 1. The molecule has 0 fully saturated rings. The molecule has 2 aromatic carbocycles. The van der Waals surface area contributed by atoms with Crippen LogP contribution in [0.3, 0.4) is 0 Å². The average Bonchev–Trinajstić information content (AvgIpc) is 3.19. The zero-order valence-electron chi connectivity index (χ0n) is 30.7. The number of hydrogen-bond acceptors (Lipinski definition) is 14. The van der Waals surface area contributed by atoms with E-state index in [0.717, 1.165) is 16.5 Å². The molecule has 0 atom stereocenters. The van der Waals surface area contributed by atoms with Gasteiger partial charge in [-0.05, 0) is 24.6 Å². The lowest BCUT2D eigenvalue weighted by molar-refractivity contribution is -0.122. The van der Waals surface area contributed by atoms with Crippen molar-refractivity contribution in [3.63, 3.8) is 0 Å². The first-order valence-electron chi connectivity index (χ1n) is 17.9. The molecule has 0 unspecified atom stereocenters. The van der Waals surface area contributed by atoms with Crippen LogP contribution in [0.15, 0.2) is 48.5 Å². The third kappa shape index (κ3) is 17.8. The molecule has 15 heteroatoms. The summed E-state index contributed by atoms with van der Waals surface area (Å²) in [7, 11) is 1.56. The maximum Gasteiger partial charge on any atom is 0.236 e. The molecule has 1 aromatic heterocycles. The predicted molar refractivity (Wildman–Crippen MR) is 197 cm³/mol. The highest BCUT2D eigenvalue weighted by Crippen LogP contribution is 2.30. The molecule has 0 radical (unpaired) electrons. The van der Waals surface area contributed by atoms with Gasteiger partial charge in [-0.15, -0.1) is 0 Å². The Bertz CT molecular complexity index is 1460. The number of aliphatic hydroxyl groups excluding tert-OH is 1. The fraction of sp³-hybridized carbons (Fsp3) is 0.553. The zero-order valence-corrected chi connectivity index (χ0v) is 30.7. The number of nitrogens with one attached hydrogen (secondary N) is 1. The van der Waals surface area contributed by atoms with Gasteiger partial charge in [0.1, 0.15) is 5.75 Å². The van der Waals surface area contributed by atoms with Gasteiger partial charge in [-0.2, -0.15) is 0 Å². The standard InChI is InChI=1S/C38H55N3O12/c1-45-37-27-30(8-9-31(37)29-42)35-28-33(32-5-2-3-6-34(32)40-35)36(43)7-4-11-46-13-15-48-17-19-50-21-23-52-25-26-53-24-22-51-20-18-49-16-14-47-12-10-38(44)41-39/h2-3,5-6,8-9,27-28,42H,4,7,10-26,29,39H2,1H3,(H,41,44). The molecule has 0 aliphatic heterocycles. The van der Waals surface area contributed by atoms with E-state index in [2.05, 4.69) is 0 Å². The fourth-order valence-electron chi connectivity index (χ4n) is 4.94. The number of hydrogen-bond donors (Lipinski definition) is 3. The highest BCUT2D eigenvalue weighted by molar-refractivity contribution is 6.08. The number of carbonyl (C=O) groups is 2. The number of hydrazine groups is 1. The molecular weight excluding hydrogens is 690 g/mol. The maximum atomic E-state index is 13.3. The van der Waals surface area contributed by atoms with Gasteiger partial charge >= 0.3 is 0 Å². The lowest BCUT2D eigenvalue weighted by Gasteiger charge is -2.12. The summed E-state index contributed by atoms with van der Waals surface area (Å²) in [4.78, 5) is 29.0. The van der Waals surface area contributed by atoms with Gasteiger partial charge in [-0.1, -0.05) is 30.3 Å². The molecule has 1 heterocycles. The smallest absolute Gasteiger partial charge is 0.236 e. The van der Waals surface area contributed by atoms with Crippen LogP contribution in [-0.2, 0) is 49.3 Å². The van der Waals surface area contributed by atoms with Gasteiger partial charge in [0.25, 0.3) is 0 Å². The molecular formula is C38H55N3O12. The number of Topliss-reactive ketones (excluding diaryl/α,β-unsaturated/α-hetero) is 1. The summed E-state index contributed by atoms with van der Waals surface area (Å²) >= 11 is 0. The first-order chi connectivity index (χ1) is 26.1. The molecule has 0 aliphatic carbocycles. The molecule has 3 rings (SSSR count). The Morgan fingerprint density at radius 3 is 1.68 bits per heavy atom. The van der Waals surface area contributed by atoms with Crippen LogP contribution in [-0.4, -0.2) is 135 Å². The van der Waals surface area contributed by atoms with Crippen molar-refractivity contribution < 1.29 is 57.3 Å². The Kier molecular flexibility index (Phi) is 23.1. The number of nitrogens with two attached hydrogens (primary N) is 1. The van der Waals surface area contributed by atoms with E-state index in [9.17, 15) is 14.7 Å². The summed E-state index contributed by atoms with van der Waals surface area (Å²) in [5, 5.41) is 10.4. The minimum absolute atomic E-state index is 0.0226. The Morgan fingerprint density at radius 1 is 0.660 bits per heavy atom. The van der Waals surface area contributed by atoms with Crippen LogP contribution >= 0.6 is 0 Å². The predicted octanol–water partition coefficient (Wildman–Crippen LogP) is 2.88. The van der Waals surface area contributed by atoms with Gasteiger partial charge in [-0.25, -0.2) is 10.8 Å². The molecule has 15 nitrogen and oxygen atoms in total. The number of amides is 1. The monoisotopic (exact) mass is 745 g/mol. The summed E-state index contributed by atoms with van der Waals surface area (Å²) < 4.78 is 49.2. The van der Waals surface area contributed by atoms with E-state index < -0.39 is 0 Å². The van der Waals surface area contributed by atoms with Gasteiger partial charge in [-0.3, -0.25) is 15.0 Å². The van der Waals surface area contributed by atoms with E-state index in [4.69, 9.17) is 53.5 Å². The third-order valence-electron chi connectivity index (χ3n) is 7.70. The second-order valence-electron chi connectivity index (χ2n) is 11.5. The summed E-state index contributed by atoms with van der Waals surface area (Å²) in [5.41, 5.74) is 5.54. The van der Waals surface area contributed by atoms with E-state index in [0.29, 0.717) is 141 Å². The minimum atomic E-state index is -0.265. The Balaban J connectivity index is 1.12. The van der Waals surface area contributed by atoms with Crippen molar-refractivity contribution in [2.75, 3.05) is 113 Å². The molecule has 0 spiro atoms. The SMILES string of the molecule is COc1cc(-c2cc(C(=O)CCCOCCOCCOCCOCCOCCOCCOCCOCCC(=O)NN)c3ccccc3n2)ccc1CO. The number of carbonyl (C=O) groups excluding carboxylic acids is 2. The third-order valence-corrected chi connectivity index (χ3v) is 7.70. The Hall–Kier alpha value is -3.61. The molecule has 53 heavy (non-hydrogen) atoms. The normalized spacial score (nSPS) is 11.3. The molecule has 294 valence electrons. The second-order valence-corrected chi connectivity index (χ2v) is 11.5. The van der Waals surface area contributed by atoms with E-state index >= 15 is 0 Å². The summed E-state index contributed by atoms with van der Waals surface area (Å²) in [6, 6.07) is 14.9. The summed E-state index contributed by atoms with van der Waals surface area (Å²) in [5.74, 6) is 5.31. The molecule has 0 saturated carbocycles. The van der Waals surface area contributed by atoms with Crippen molar-refractivity contribution in [3.8, 4) is 17.0 Å². The molecule has 1 amide bonds. The van der Waals surface area contributed by atoms with E-state index in [1.165, 1.54) is 0 Å². The van der Waals surface area contributed by atoms with Gasteiger partial charge < -0.3 is 47.7 Å². The van der Waals surface area contributed by atoms with Crippen molar-refractivity contribution in [2.45, 2.75) is 25.9 Å². The lowest BCUT2D eigenvalue weighted by Crippen LogP contribution is -2.30. The highest BCUT2D eigenvalue weighted by Gasteiger charge is 2.15. The highest BCUT2D eigenvalue weighted by atomic mass is 16.6. The van der Waals surface area contributed by atoms with Crippen molar-refractivity contribution in [3.05, 3.63) is 59.7 Å². The first kappa shape index (κ1) is 43.8. The number of aromatic nitrogens is 1. The topological polar surface area (TPSA) is 188 Å². The number of aliphatic hydroxyl groups is 1. The molecule has 0 aliphatic rings. The zero-order chi connectivity index (χ0) is 37.8. The van der Waals surface area contributed by atoms with Gasteiger partial charge in [0.05, 0.1) is 130 Å². The number of benzene rings is 2. The van der Waals surface area contributed by atoms with Crippen LogP contribution in [0.25, 0.3) is 22.2 Å². The number of rotatable bonds is 32. The molecule has 4 N–H and O–H groups in total. The van der Waals surface area contributed by atoms with Crippen molar-refractivity contribution in [2.24, 2.45) is 5.84 Å². The van der Waals surface area contributed by atoms with Crippen LogP contribution in [0.1, 0.15) is 35.2 Å².